The molecule has 7 nitrogen and oxygen atoms in total. The minimum absolute atomic E-state index is 0.00666. The molecular formula is C22H32N4O3. The number of nitrogens with zero attached hydrogens (tertiary/aromatic N) is 3. The lowest BCUT2D eigenvalue weighted by molar-refractivity contribution is -0.138. The van der Waals surface area contributed by atoms with E-state index in [1.807, 2.05) is 56.0 Å². The smallest absolute Gasteiger partial charge is 0.246 e. The third-order valence-electron chi connectivity index (χ3n) is 4.57. The Hall–Kier alpha value is -2.67. The summed E-state index contributed by atoms with van der Waals surface area (Å²) in [6, 6.07) is 9.56. The van der Waals surface area contributed by atoms with Crippen molar-refractivity contribution in [1.82, 2.24) is 20.0 Å². The van der Waals surface area contributed by atoms with Gasteiger partial charge in [0.2, 0.25) is 17.7 Å². The molecule has 1 saturated heterocycles. The lowest BCUT2D eigenvalue weighted by atomic mass is 10.1. The molecule has 0 atom stereocenters. The van der Waals surface area contributed by atoms with E-state index in [1.165, 1.54) is 11.0 Å². The minimum Gasteiger partial charge on any atom is -0.350 e. The monoisotopic (exact) mass is 400 g/mol. The van der Waals surface area contributed by atoms with Gasteiger partial charge in [0.1, 0.15) is 0 Å². The van der Waals surface area contributed by atoms with Crippen molar-refractivity contribution < 1.29 is 14.4 Å². The van der Waals surface area contributed by atoms with E-state index in [2.05, 4.69) is 5.32 Å². The van der Waals surface area contributed by atoms with Crippen LogP contribution in [0.5, 0.6) is 0 Å². The molecule has 0 bridgehead atoms. The Morgan fingerprint density at radius 1 is 1.07 bits per heavy atom. The number of hydrogen-bond acceptors (Lipinski definition) is 4. The van der Waals surface area contributed by atoms with E-state index in [0.717, 1.165) is 5.56 Å². The average molecular weight is 401 g/mol. The standard InChI is InChI=1S/C22H32N4O3/c1-22(2,3)23-19(27)16-25-12-14-26(15-13-25)21(29)17-24(4)20(28)11-10-18-8-6-5-7-9-18/h5-11H,12-17H2,1-4H3,(H,23,27)/b11-10+. The Morgan fingerprint density at radius 2 is 1.69 bits per heavy atom. The number of benzene rings is 1. The second-order valence-electron chi connectivity index (χ2n) is 8.39. The van der Waals surface area contributed by atoms with E-state index in [0.29, 0.717) is 32.7 Å². The van der Waals surface area contributed by atoms with Crippen LogP contribution in [0.15, 0.2) is 36.4 Å². The summed E-state index contributed by atoms with van der Waals surface area (Å²) in [5.41, 5.74) is 0.688. The van der Waals surface area contributed by atoms with Crippen LogP contribution in [0.2, 0.25) is 0 Å². The minimum atomic E-state index is -0.249. The molecule has 29 heavy (non-hydrogen) atoms. The molecule has 1 aromatic carbocycles. The molecule has 1 aromatic rings. The van der Waals surface area contributed by atoms with Gasteiger partial charge < -0.3 is 15.1 Å². The first-order valence-electron chi connectivity index (χ1n) is 9.93. The molecule has 158 valence electrons. The fraction of sp³-hybridized carbons (Fsp3) is 0.500. The van der Waals surface area contributed by atoms with E-state index in [-0.39, 0.29) is 29.8 Å². The third-order valence-corrected chi connectivity index (χ3v) is 4.57. The van der Waals surface area contributed by atoms with E-state index in [4.69, 9.17) is 0 Å². The van der Waals surface area contributed by atoms with Gasteiger partial charge in [-0.1, -0.05) is 30.3 Å². The predicted octanol–water partition coefficient (Wildman–Crippen LogP) is 1.22. The second-order valence-corrected chi connectivity index (χ2v) is 8.39. The first-order chi connectivity index (χ1) is 13.6. The molecule has 0 aromatic heterocycles. The fourth-order valence-electron chi connectivity index (χ4n) is 3.06. The summed E-state index contributed by atoms with van der Waals surface area (Å²) in [4.78, 5) is 42.0. The molecule has 2 rings (SSSR count). The Labute approximate surface area is 173 Å². The number of piperazine rings is 1. The Balaban J connectivity index is 1.75. The van der Waals surface area contributed by atoms with Crippen molar-refractivity contribution >= 4 is 23.8 Å². The zero-order chi connectivity index (χ0) is 21.4. The summed E-state index contributed by atoms with van der Waals surface area (Å²) in [6.45, 7) is 8.65. The highest BCUT2D eigenvalue weighted by molar-refractivity contribution is 5.94. The van der Waals surface area contributed by atoms with E-state index < -0.39 is 0 Å². The topological polar surface area (TPSA) is 73.0 Å². The van der Waals surface area contributed by atoms with Crippen molar-refractivity contribution in [2.24, 2.45) is 0 Å². The highest BCUT2D eigenvalue weighted by atomic mass is 16.2. The van der Waals surface area contributed by atoms with Gasteiger partial charge in [-0.25, -0.2) is 0 Å². The zero-order valence-corrected chi connectivity index (χ0v) is 17.9. The van der Waals surface area contributed by atoms with Crippen LogP contribution in [-0.2, 0) is 14.4 Å². The summed E-state index contributed by atoms with van der Waals surface area (Å²) in [7, 11) is 1.63. The predicted molar refractivity (Wildman–Crippen MR) is 114 cm³/mol. The van der Waals surface area contributed by atoms with Crippen LogP contribution in [-0.4, -0.2) is 84.3 Å². The summed E-state index contributed by atoms with van der Waals surface area (Å²) in [5, 5.41) is 2.95. The van der Waals surface area contributed by atoms with Crippen molar-refractivity contribution in [3.05, 3.63) is 42.0 Å². The van der Waals surface area contributed by atoms with Gasteiger partial charge in [0.05, 0.1) is 13.1 Å². The van der Waals surface area contributed by atoms with Crippen LogP contribution >= 0.6 is 0 Å². The molecule has 0 saturated carbocycles. The van der Waals surface area contributed by atoms with Gasteiger partial charge >= 0.3 is 0 Å². The molecule has 1 N–H and O–H groups in total. The molecule has 1 heterocycles. The van der Waals surface area contributed by atoms with Crippen LogP contribution in [0.4, 0.5) is 0 Å². The van der Waals surface area contributed by atoms with Crippen molar-refractivity contribution in [3.63, 3.8) is 0 Å². The number of carbonyl (C=O) groups excluding carboxylic acids is 3. The fourth-order valence-corrected chi connectivity index (χ4v) is 3.06. The summed E-state index contributed by atoms with van der Waals surface area (Å²) < 4.78 is 0. The van der Waals surface area contributed by atoms with Crippen molar-refractivity contribution in [1.29, 1.82) is 0 Å². The van der Waals surface area contributed by atoms with Crippen LogP contribution in [0, 0.1) is 0 Å². The first kappa shape index (κ1) is 22.6. The molecule has 1 fully saturated rings. The molecular weight excluding hydrogens is 368 g/mol. The highest BCUT2D eigenvalue weighted by Gasteiger charge is 2.24. The van der Waals surface area contributed by atoms with Gasteiger partial charge in [0, 0.05) is 44.8 Å². The molecule has 1 aliphatic heterocycles. The van der Waals surface area contributed by atoms with E-state index in [9.17, 15) is 14.4 Å². The largest absolute Gasteiger partial charge is 0.350 e. The molecule has 0 unspecified atom stereocenters. The lowest BCUT2D eigenvalue weighted by Gasteiger charge is -2.35. The van der Waals surface area contributed by atoms with Gasteiger partial charge in [0.15, 0.2) is 0 Å². The molecule has 0 spiro atoms. The zero-order valence-electron chi connectivity index (χ0n) is 17.9. The lowest BCUT2D eigenvalue weighted by Crippen LogP contribution is -2.54. The van der Waals surface area contributed by atoms with Gasteiger partial charge in [-0.2, -0.15) is 0 Å². The Kier molecular flexibility index (Phi) is 7.96. The number of carbonyl (C=O) groups is 3. The van der Waals surface area contributed by atoms with Crippen LogP contribution < -0.4 is 5.32 Å². The molecule has 0 radical (unpaired) electrons. The SMILES string of the molecule is CN(CC(=O)N1CCN(CC(=O)NC(C)(C)C)CC1)C(=O)/C=C/c1ccccc1. The molecule has 0 aliphatic carbocycles. The maximum Gasteiger partial charge on any atom is 0.246 e. The number of amides is 3. The maximum atomic E-state index is 12.5. The Morgan fingerprint density at radius 3 is 2.28 bits per heavy atom. The average Bonchev–Trinajstić information content (AvgIpc) is 2.65. The van der Waals surface area contributed by atoms with Gasteiger partial charge in [-0.3, -0.25) is 19.3 Å². The molecule has 1 aliphatic rings. The van der Waals surface area contributed by atoms with Gasteiger partial charge in [0.25, 0.3) is 0 Å². The number of likely N-dealkylation sites (N-methyl/N-ethyl adjacent to an activating group) is 1. The van der Waals surface area contributed by atoms with Crippen molar-refractivity contribution in [2.45, 2.75) is 26.3 Å². The second kappa shape index (κ2) is 10.2. The van der Waals surface area contributed by atoms with Crippen LogP contribution in [0.25, 0.3) is 6.08 Å². The summed E-state index contributed by atoms with van der Waals surface area (Å²) in [6.07, 6.45) is 3.22. The maximum absolute atomic E-state index is 12.5. The first-order valence-corrected chi connectivity index (χ1v) is 9.93. The normalized spacial score (nSPS) is 15.4. The Bertz CT molecular complexity index is 732. The third kappa shape index (κ3) is 8.07. The quantitative estimate of drug-likeness (QED) is 0.729. The van der Waals surface area contributed by atoms with Crippen LogP contribution in [0.1, 0.15) is 26.3 Å². The van der Waals surface area contributed by atoms with Crippen molar-refractivity contribution in [2.75, 3.05) is 46.3 Å². The number of hydrogen-bond donors (Lipinski definition) is 1. The van der Waals surface area contributed by atoms with Gasteiger partial charge in [-0.15, -0.1) is 0 Å². The van der Waals surface area contributed by atoms with Crippen molar-refractivity contribution in [3.8, 4) is 0 Å². The van der Waals surface area contributed by atoms with E-state index in [1.54, 1.807) is 18.0 Å². The molecule has 7 heteroatoms. The summed E-state index contributed by atoms with van der Waals surface area (Å²) >= 11 is 0. The van der Waals surface area contributed by atoms with Gasteiger partial charge in [-0.05, 0) is 32.4 Å². The van der Waals surface area contributed by atoms with E-state index >= 15 is 0 Å². The van der Waals surface area contributed by atoms with Crippen LogP contribution in [0.3, 0.4) is 0 Å². The highest BCUT2D eigenvalue weighted by Crippen LogP contribution is 2.05. The molecule has 3 amide bonds. The number of rotatable bonds is 6. The number of nitrogens with one attached hydrogen (secondary N) is 1. The summed E-state index contributed by atoms with van der Waals surface area (Å²) in [5.74, 6) is -0.291.